The molecule has 23 heavy (non-hydrogen) atoms. The number of ether oxygens (including phenoxy) is 2. The van der Waals surface area contributed by atoms with Crippen LogP contribution >= 0.6 is 0 Å². The number of methoxy groups -OCH3 is 1. The summed E-state index contributed by atoms with van der Waals surface area (Å²) in [7, 11) is 1.63. The summed E-state index contributed by atoms with van der Waals surface area (Å²) in [5.41, 5.74) is 7.31. The molecular formula is C16H21N3O4. The van der Waals surface area contributed by atoms with Gasteiger partial charge in [-0.25, -0.2) is 4.79 Å². The molecule has 0 saturated carbocycles. The minimum absolute atomic E-state index is 0.0564. The molecule has 2 aliphatic rings. The quantitative estimate of drug-likeness (QED) is 0.868. The van der Waals surface area contributed by atoms with Crippen molar-refractivity contribution in [3.05, 3.63) is 29.8 Å². The minimum Gasteiger partial charge on any atom is -0.497 e. The van der Waals surface area contributed by atoms with E-state index in [0.29, 0.717) is 26.2 Å². The van der Waals surface area contributed by atoms with Gasteiger partial charge in [0.2, 0.25) is 5.91 Å². The van der Waals surface area contributed by atoms with Crippen molar-refractivity contribution < 1.29 is 19.1 Å². The molecule has 0 radical (unpaired) electrons. The van der Waals surface area contributed by atoms with E-state index < -0.39 is 6.09 Å². The maximum absolute atomic E-state index is 12.4. The van der Waals surface area contributed by atoms with E-state index in [1.54, 1.807) is 12.0 Å². The van der Waals surface area contributed by atoms with Crippen LogP contribution in [0.1, 0.15) is 11.5 Å². The maximum atomic E-state index is 12.4. The molecule has 0 aromatic heterocycles. The fourth-order valence-corrected chi connectivity index (χ4v) is 3.07. The van der Waals surface area contributed by atoms with Crippen molar-refractivity contribution in [2.75, 3.05) is 39.9 Å². The number of carbonyl (C=O) groups is 2. The standard InChI is InChI=1S/C16H21N3O4/c1-22-12-4-2-11(3-5-12)13-8-19(9-14(13)17)15(20)10-18-6-7-23-16(18)21/h2-5,13-14H,6-10,17H2,1H3/t13-,14+/m1/s1. The molecule has 1 aromatic carbocycles. The molecule has 2 aliphatic heterocycles. The lowest BCUT2D eigenvalue weighted by Gasteiger charge is -2.19. The van der Waals surface area contributed by atoms with Crippen LogP contribution in [0.3, 0.4) is 0 Å². The number of rotatable bonds is 4. The van der Waals surface area contributed by atoms with Crippen molar-refractivity contribution in [1.29, 1.82) is 0 Å². The van der Waals surface area contributed by atoms with Gasteiger partial charge in [-0.3, -0.25) is 9.69 Å². The topological polar surface area (TPSA) is 85.1 Å². The summed E-state index contributed by atoms with van der Waals surface area (Å²) in [6.45, 7) is 1.93. The summed E-state index contributed by atoms with van der Waals surface area (Å²) in [5.74, 6) is 0.798. The Morgan fingerprint density at radius 2 is 2.09 bits per heavy atom. The highest BCUT2D eigenvalue weighted by Crippen LogP contribution is 2.28. The molecule has 2 amide bonds. The monoisotopic (exact) mass is 319 g/mol. The Bertz CT molecular complexity index is 589. The van der Waals surface area contributed by atoms with Gasteiger partial charge in [0.1, 0.15) is 18.9 Å². The summed E-state index contributed by atoms with van der Waals surface area (Å²) < 4.78 is 10.00. The Morgan fingerprint density at radius 3 is 2.70 bits per heavy atom. The Balaban J connectivity index is 1.63. The zero-order valence-corrected chi connectivity index (χ0v) is 13.1. The van der Waals surface area contributed by atoms with Crippen LogP contribution in [0.15, 0.2) is 24.3 Å². The fourth-order valence-electron chi connectivity index (χ4n) is 3.07. The highest BCUT2D eigenvalue weighted by atomic mass is 16.6. The molecule has 1 aromatic rings. The predicted molar refractivity (Wildman–Crippen MR) is 83.2 cm³/mol. The summed E-state index contributed by atoms with van der Waals surface area (Å²) in [6, 6.07) is 7.64. The molecule has 7 nitrogen and oxygen atoms in total. The number of amides is 2. The van der Waals surface area contributed by atoms with Gasteiger partial charge in [0.05, 0.1) is 13.7 Å². The van der Waals surface area contributed by atoms with Crippen LogP contribution in [-0.4, -0.2) is 67.7 Å². The van der Waals surface area contributed by atoms with Gasteiger partial charge >= 0.3 is 6.09 Å². The van der Waals surface area contributed by atoms with Crippen LogP contribution in [0.25, 0.3) is 0 Å². The van der Waals surface area contributed by atoms with Crippen molar-refractivity contribution >= 4 is 12.0 Å². The average molecular weight is 319 g/mol. The molecule has 2 heterocycles. The third-order valence-corrected chi connectivity index (χ3v) is 4.43. The zero-order chi connectivity index (χ0) is 16.4. The van der Waals surface area contributed by atoms with Crippen molar-refractivity contribution in [2.24, 2.45) is 5.73 Å². The van der Waals surface area contributed by atoms with Crippen LogP contribution in [0.4, 0.5) is 4.79 Å². The first kappa shape index (κ1) is 15.6. The van der Waals surface area contributed by atoms with E-state index in [-0.39, 0.29) is 24.4 Å². The molecule has 0 unspecified atom stereocenters. The van der Waals surface area contributed by atoms with Crippen LogP contribution in [0.2, 0.25) is 0 Å². The normalized spacial score (nSPS) is 24.0. The van der Waals surface area contributed by atoms with Crippen molar-refractivity contribution in [2.45, 2.75) is 12.0 Å². The molecule has 0 bridgehead atoms. The van der Waals surface area contributed by atoms with Gasteiger partial charge in [-0.2, -0.15) is 0 Å². The van der Waals surface area contributed by atoms with Crippen molar-refractivity contribution in [1.82, 2.24) is 9.80 Å². The highest BCUT2D eigenvalue weighted by Gasteiger charge is 2.35. The molecule has 2 N–H and O–H groups in total. The first-order valence-electron chi connectivity index (χ1n) is 7.67. The number of hydrogen-bond acceptors (Lipinski definition) is 5. The van der Waals surface area contributed by atoms with Crippen LogP contribution in [0, 0.1) is 0 Å². The van der Waals surface area contributed by atoms with E-state index in [2.05, 4.69) is 0 Å². The molecule has 124 valence electrons. The second-order valence-electron chi connectivity index (χ2n) is 5.88. The predicted octanol–water partition coefficient (Wildman–Crippen LogP) is 0.401. The Kier molecular flexibility index (Phi) is 4.38. The van der Waals surface area contributed by atoms with Gasteiger partial charge in [0.25, 0.3) is 0 Å². The Hall–Kier alpha value is -2.28. The van der Waals surface area contributed by atoms with Crippen LogP contribution < -0.4 is 10.5 Å². The summed E-state index contributed by atoms with van der Waals surface area (Å²) >= 11 is 0. The molecular weight excluding hydrogens is 298 g/mol. The van der Waals surface area contributed by atoms with Gasteiger partial charge in [0.15, 0.2) is 0 Å². The number of carbonyl (C=O) groups excluding carboxylic acids is 2. The number of nitrogens with two attached hydrogens (primary N) is 1. The number of hydrogen-bond donors (Lipinski definition) is 1. The van der Waals surface area contributed by atoms with E-state index in [9.17, 15) is 9.59 Å². The lowest BCUT2D eigenvalue weighted by molar-refractivity contribution is -0.130. The van der Waals surface area contributed by atoms with E-state index in [0.717, 1.165) is 11.3 Å². The molecule has 7 heteroatoms. The smallest absolute Gasteiger partial charge is 0.410 e. The molecule has 3 rings (SSSR count). The number of benzene rings is 1. The summed E-state index contributed by atoms with van der Waals surface area (Å²) in [6.07, 6.45) is -0.423. The molecule has 2 saturated heterocycles. The SMILES string of the molecule is COc1ccc([C@H]2CN(C(=O)CN3CCOC3=O)C[C@@H]2N)cc1. The van der Waals surface area contributed by atoms with Gasteiger partial charge in [-0.05, 0) is 17.7 Å². The summed E-state index contributed by atoms with van der Waals surface area (Å²) in [5, 5.41) is 0. The maximum Gasteiger partial charge on any atom is 0.410 e. The average Bonchev–Trinajstić information content (AvgIpc) is 3.14. The largest absolute Gasteiger partial charge is 0.497 e. The molecule has 2 atom stereocenters. The lowest BCUT2D eigenvalue weighted by atomic mass is 9.95. The second kappa shape index (κ2) is 6.45. The number of cyclic esters (lactones) is 1. The molecule has 2 fully saturated rings. The minimum atomic E-state index is -0.423. The summed E-state index contributed by atoms with van der Waals surface area (Å²) in [4.78, 5) is 27.0. The lowest BCUT2D eigenvalue weighted by Crippen LogP contribution is -2.40. The van der Waals surface area contributed by atoms with Gasteiger partial charge in [0, 0.05) is 25.0 Å². The molecule has 0 aliphatic carbocycles. The van der Waals surface area contributed by atoms with Crippen LogP contribution in [-0.2, 0) is 9.53 Å². The van der Waals surface area contributed by atoms with Gasteiger partial charge in [-0.1, -0.05) is 12.1 Å². The zero-order valence-electron chi connectivity index (χ0n) is 13.1. The van der Waals surface area contributed by atoms with Crippen molar-refractivity contribution in [3.63, 3.8) is 0 Å². The van der Waals surface area contributed by atoms with Crippen molar-refractivity contribution in [3.8, 4) is 5.75 Å². The highest BCUT2D eigenvalue weighted by molar-refractivity contribution is 5.83. The van der Waals surface area contributed by atoms with Gasteiger partial charge < -0.3 is 20.1 Å². The first-order chi connectivity index (χ1) is 11.1. The number of likely N-dealkylation sites (tertiary alicyclic amines) is 1. The number of nitrogens with zero attached hydrogens (tertiary/aromatic N) is 2. The third-order valence-electron chi connectivity index (χ3n) is 4.43. The Morgan fingerprint density at radius 1 is 1.35 bits per heavy atom. The third kappa shape index (κ3) is 3.24. The van der Waals surface area contributed by atoms with E-state index >= 15 is 0 Å². The van der Waals surface area contributed by atoms with E-state index in [1.807, 2.05) is 24.3 Å². The fraction of sp³-hybridized carbons (Fsp3) is 0.500. The van der Waals surface area contributed by atoms with E-state index in [1.165, 1.54) is 4.90 Å². The van der Waals surface area contributed by atoms with Crippen LogP contribution in [0.5, 0.6) is 5.75 Å². The molecule has 0 spiro atoms. The Labute approximate surface area is 134 Å². The first-order valence-corrected chi connectivity index (χ1v) is 7.67. The van der Waals surface area contributed by atoms with Gasteiger partial charge in [-0.15, -0.1) is 0 Å². The second-order valence-corrected chi connectivity index (χ2v) is 5.88. The van der Waals surface area contributed by atoms with E-state index in [4.69, 9.17) is 15.2 Å².